The Morgan fingerprint density at radius 3 is 2.86 bits per heavy atom. The average molecular weight is 258 g/mol. The molecule has 0 heterocycles. The van der Waals surface area contributed by atoms with Gasteiger partial charge in [-0.25, -0.2) is 0 Å². The van der Waals surface area contributed by atoms with Gasteiger partial charge in [0, 0.05) is 6.54 Å². The predicted molar refractivity (Wildman–Crippen MR) is 60.4 cm³/mol. The summed E-state index contributed by atoms with van der Waals surface area (Å²) < 4.78 is 5.61. The third-order valence-corrected chi connectivity index (χ3v) is 2.32. The maximum atomic E-state index is 9.53. The van der Waals surface area contributed by atoms with Crippen molar-refractivity contribution in [1.29, 1.82) is 0 Å². The number of phenolic OH excluding ortho intramolecular Hbond substituents is 1. The Balaban J connectivity index is 3.09. The van der Waals surface area contributed by atoms with Crippen molar-refractivity contribution < 1.29 is 9.84 Å². The molecule has 0 atom stereocenters. The van der Waals surface area contributed by atoms with Crippen molar-refractivity contribution in [2.45, 2.75) is 0 Å². The molecule has 4 heteroatoms. The van der Waals surface area contributed by atoms with Crippen molar-refractivity contribution >= 4 is 22.0 Å². The molecule has 0 unspecified atom stereocenters. The average Bonchev–Trinajstić information content (AvgIpc) is 2.19. The summed E-state index contributed by atoms with van der Waals surface area (Å²) in [6, 6.07) is 3.54. The normalized spacial score (nSPS) is 10.8. The lowest BCUT2D eigenvalue weighted by atomic mass is 10.2. The van der Waals surface area contributed by atoms with Crippen LogP contribution >= 0.6 is 15.9 Å². The third kappa shape index (κ3) is 2.49. The minimum atomic E-state index is 0.109. The summed E-state index contributed by atoms with van der Waals surface area (Å²) in [6.07, 6.45) is 3.70. The van der Waals surface area contributed by atoms with Crippen LogP contribution in [-0.2, 0) is 0 Å². The summed E-state index contributed by atoms with van der Waals surface area (Å²) in [6.45, 7) is 0.487. The molecule has 0 aromatic heterocycles. The van der Waals surface area contributed by atoms with Crippen LogP contribution in [0, 0.1) is 0 Å². The zero-order valence-electron chi connectivity index (χ0n) is 7.83. The Morgan fingerprint density at radius 2 is 2.29 bits per heavy atom. The van der Waals surface area contributed by atoms with Crippen LogP contribution in [-0.4, -0.2) is 18.8 Å². The van der Waals surface area contributed by atoms with E-state index < -0.39 is 0 Å². The van der Waals surface area contributed by atoms with Crippen LogP contribution in [0.15, 0.2) is 22.7 Å². The number of phenols is 1. The summed E-state index contributed by atoms with van der Waals surface area (Å²) in [5.41, 5.74) is 6.26. The number of aromatic hydroxyl groups is 1. The van der Waals surface area contributed by atoms with Crippen LogP contribution in [0.25, 0.3) is 6.08 Å². The molecule has 0 spiro atoms. The van der Waals surface area contributed by atoms with Crippen molar-refractivity contribution in [3.63, 3.8) is 0 Å². The number of rotatable bonds is 3. The highest BCUT2D eigenvalue weighted by molar-refractivity contribution is 9.10. The van der Waals surface area contributed by atoms with Crippen molar-refractivity contribution in [2.75, 3.05) is 13.7 Å². The first-order valence-corrected chi connectivity index (χ1v) is 4.91. The molecule has 0 amide bonds. The molecule has 1 aromatic carbocycles. The molecule has 0 saturated carbocycles. The molecule has 1 rings (SSSR count). The zero-order chi connectivity index (χ0) is 10.6. The first-order chi connectivity index (χ1) is 6.69. The van der Waals surface area contributed by atoms with Crippen molar-refractivity contribution in [1.82, 2.24) is 0 Å². The second kappa shape index (κ2) is 5.02. The fourth-order valence-electron chi connectivity index (χ4n) is 1.05. The van der Waals surface area contributed by atoms with Crippen LogP contribution in [0.5, 0.6) is 11.5 Å². The maximum absolute atomic E-state index is 9.53. The number of halogens is 1. The van der Waals surface area contributed by atoms with Gasteiger partial charge in [0.25, 0.3) is 0 Å². The van der Waals surface area contributed by atoms with Gasteiger partial charge in [0.05, 0.1) is 11.6 Å². The van der Waals surface area contributed by atoms with Gasteiger partial charge in [-0.3, -0.25) is 0 Å². The molecular formula is C10H12BrNO2. The van der Waals surface area contributed by atoms with E-state index in [9.17, 15) is 5.11 Å². The first-order valence-electron chi connectivity index (χ1n) is 4.12. The Labute approximate surface area is 91.3 Å². The van der Waals surface area contributed by atoms with E-state index in [1.807, 2.05) is 12.2 Å². The second-order valence-corrected chi connectivity index (χ2v) is 3.55. The highest BCUT2D eigenvalue weighted by Gasteiger charge is 2.06. The number of nitrogens with two attached hydrogens (primary N) is 1. The Kier molecular flexibility index (Phi) is 3.98. The van der Waals surface area contributed by atoms with Crippen LogP contribution in [0.1, 0.15) is 5.56 Å². The fraction of sp³-hybridized carbons (Fsp3) is 0.200. The Bertz CT molecular complexity index is 350. The predicted octanol–water partition coefficient (Wildman–Crippen LogP) is 2.14. The summed E-state index contributed by atoms with van der Waals surface area (Å²) in [5.74, 6) is 0.549. The molecule has 1 aromatic rings. The van der Waals surface area contributed by atoms with Gasteiger partial charge < -0.3 is 15.6 Å². The minimum Gasteiger partial charge on any atom is -0.503 e. The first kappa shape index (κ1) is 11.1. The summed E-state index contributed by atoms with van der Waals surface area (Å²) >= 11 is 3.23. The molecule has 0 saturated heterocycles. The lowest BCUT2D eigenvalue weighted by molar-refractivity contribution is 0.372. The van der Waals surface area contributed by atoms with Gasteiger partial charge >= 0.3 is 0 Å². The second-order valence-electron chi connectivity index (χ2n) is 2.69. The van der Waals surface area contributed by atoms with Crippen LogP contribution < -0.4 is 10.5 Å². The van der Waals surface area contributed by atoms with Gasteiger partial charge in [-0.1, -0.05) is 12.2 Å². The number of benzene rings is 1. The highest BCUT2D eigenvalue weighted by atomic mass is 79.9. The van der Waals surface area contributed by atoms with E-state index in [0.29, 0.717) is 16.8 Å². The van der Waals surface area contributed by atoms with Gasteiger partial charge in [0.2, 0.25) is 0 Å². The molecular weight excluding hydrogens is 246 g/mol. The zero-order valence-corrected chi connectivity index (χ0v) is 9.41. The minimum absolute atomic E-state index is 0.109. The number of methoxy groups -OCH3 is 1. The van der Waals surface area contributed by atoms with E-state index in [2.05, 4.69) is 15.9 Å². The Morgan fingerprint density at radius 1 is 1.57 bits per heavy atom. The van der Waals surface area contributed by atoms with Gasteiger partial charge in [-0.2, -0.15) is 0 Å². The van der Waals surface area contributed by atoms with E-state index >= 15 is 0 Å². The SMILES string of the molecule is COc1cc(/C=C/CN)cc(Br)c1O. The highest BCUT2D eigenvalue weighted by Crippen LogP contribution is 2.35. The summed E-state index contributed by atoms with van der Waals surface area (Å²) in [4.78, 5) is 0. The molecule has 0 bridgehead atoms. The largest absolute Gasteiger partial charge is 0.503 e. The quantitative estimate of drug-likeness (QED) is 0.873. The third-order valence-electron chi connectivity index (χ3n) is 1.72. The molecule has 14 heavy (non-hydrogen) atoms. The van der Waals surface area contributed by atoms with E-state index in [1.54, 1.807) is 12.1 Å². The molecule has 76 valence electrons. The number of hydrogen-bond acceptors (Lipinski definition) is 3. The van der Waals surface area contributed by atoms with Gasteiger partial charge in [0.1, 0.15) is 0 Å². The van der Waals surface area contributed by atoms with Crippen LogP contribution in [0.4, 0.5) is 0 Å². The van der Waals surface area contributed by atoms with Gasteiger partial charge in [-0.15, -0.1) is 0 Å². The lowest BCUT2D eigenvalue weighted by Crippen LogP contribution is -1.92. The molecule has 0 radical (unpaired) electrons. The smallest absolute Gasteiger partial charge is 0.172 e. The molecule has 0 aliphatic carbocycles. The Hall–Kier alpha value is -1.00. The van der Waals surface area contributed by atoms with E-state index in [0.717, 1.165) is 5.56 Å². The van der Waals surface area contributed by atoms with E-state index in [1.165, 1.54) is 7.11 Å². The molecule has 3 N–H and O–H groups in total. The topological polar surface area (TPSA) is 55.5 Å². The number of ether oxygens (including phenoxy) is 1. The van der Waals surface area contributed by atoms with Crippen molar-refractivity contribution in [3.05, 3.63) is 28.2 Å². The van der Waals surface area contributed by atoms with Crippen molar-refractivity contribution in [3.8, 4) is 11.5 Å². The molecule has 0 aliphatic rings. The summed E-state index contributed by atoms with van der Waals surface area (Å²) in [7, 11) is 1.51. The molecule has 0 aliphatic heterocycles. The van der Waals surface area contributed by atoms with Crippen LogP contribution in [0.3, 0.4) is 0 Å². The molecule has 0 fully saturated rings. The lowest BCUT2D eigenvalue weighted by Gasteiger charge is -2.06. The van der Waals surface area contributed by atoms with E-state index in [4.69, 9.17) is 10.5 Å². The molecule has 3 nitrogen and oxygen atoms in total. The standard InChI is InChI=1S/C10H12BrNO2/c1-14-9-6-7(3-2-4-12)5-8(11)10(9)13/h2-3,5-6,13H,4,12H2,1H3/b3-2+. The van der Waals surface area contributed by atoms with Gasteiger partial charge in [0.15, 0.2) is 11.5 Å². The van der Waals surface area contributed by atoms with Gasteiger partial charge in [-0.05, 0) is 33.6 Å². The van der Waals surface area contributed by atoms with Crippen molar-refractivity contribution in [2.24, 2.45) is 5.73 Å². The summed E-state index contributed by atoms with van der Waals surface area (Å²) in [5, 5.41) is 9.53. The fourth-order valence-corrected chi connectivity index (χ4v) is 1.51. The maximum Gasteiger partial charge on any atom is 0.172 e. The monoisotopic (exact) mass is 257 g/mol. The van der Waals surface area contributed by atoms with Crippen LogP contribution in [0.2, 0.25) is 0 Å². The van der Waals surface area contributed by atoms with E-state index in [-0.39, 0.29) is 5.75 Å². The number of hydrogen-bond donors (Lipinski definition) is 2.